The standard InChI is InChI=1S/C13H9ClFN5/c1-8-5-9(7-10(15)6-8)11-17-12(14)19-13(18-11)20-4-2-3-16-20/h2-7H,1H3. The summed E-state index contributed by atoms with van der Waals surface area (Å²) < 4.78 is 14.9. The van der Waals surface area contributed by atoms with E-state index in [4.69, 9.17) is 11.6 Å². The Morgan fingerprint density at radius 1 is 1.15 bits per heavy atom. The second-order valence-electron chi connectivity index (χ2n) is 4.20. The van der Waals surface area contributed by atoms with Crippen molar-refractivity contribution in [2.75, 3.05) is 0 Å². The maximum absolute atomic E-state index is 13.5. The molecule has 0 N–H and O–H groups in total. The van der Waals surface area contributed by atoms with E-state index in [1.807, 2.05) is 0 Å². The van der Waals surface area contributed by atoms with Gasteiger partial charge in [-0.05, 0) is 48.4 Å². The predicted octanol–water partition coefficient (Wildman–Crippen LogP) is 2.83. The summed E-state index contributed by atoms with van der Waals surface area (Å²) in [4.78, 5) is 12.3. The minimum Gasteiger partial charge on any atom is -0.207 e. The topological polar surface area (TPSA) is 56.5 Å². The quantitative estimate of drug-likeness (QED) is 0.728. The zero-order valence-electron chi connectivity index (χ0n) is 10.5. The highest BCUT2D eigenvalue weighted by Gasteiger charge is 2.10. The lowest BCUT2D eigenvalue weighted by molar-refractivity contribution is 0.627. The molecule has 5 nitrogen and oxygen atoms in total. The Labute approximate surface area is 119 Å². The van der Waals surface area contributed by atoms with Crippen LogP contribution >= 0.6 is 11.6 Å². The molecule has 3 aromatic rings. The van der Waals surface area contributed by atoms with E-state index in [1.54, 1.807) is 31.5 Å². The first kappa shape index (κ1) is 12.7. The largest absolute Gasteiger partial charge is 0.255 e. The zero-order valence-corrected chi connectivity index (χ0v) is 11.2. The highest BCUT2D eigenvalue weighted by Crippen LogP contribution is 2.20. The van der Waals surface area contributed by atoms with Gasteiger partial charge in [0.25, 0.3) is 5.95 Å². The van der Waals surface area contributed by atoms with Crippen LogP contribution in [-0.4, -0.2) is 24.7 Å². The van der Waals surface area contributed by atoms with Crippen molar-refractivity contribution in [1.82, 2.24) is 24.7 Å². The second kappa shape index (κ2) is 4.97. The van der Waals surface area contributed by atoms with Crippen LogP contribution in [0.15, 0.2) is 36.7 Å². The van der Waals surface area contributed by atoms with Crippen LogP contribution in [0.4, 0.5) is 4.39 Å². The van der Waals surface area contributed by atoms with Crippen LogP contribution in [0.25, 0.3) is 17.3 Å². The van der Waals surface area contributed by atoms with Gasteiger partial charge in [-0.2, -0.15) is 20.1 Å². The number of benzene rings is 1. The molecule has 100 valence electrons. The molecule has 20 heavy (non-hydrogen) atoms. The van der Waals surface area contributed by atoms with E-state index in [2.05, 4.69) is 20.1 Å². The molecule has 0 radical (unpaired) electrons. The fourth-order valence-electron chi connectivity index (χ4n) is 1.82. The van der Waals surface area contributed by atoms with E-state index < -0.39 is 0 Å². The Morgan fingerprint density at radius 3 is 2.70 bits per heavy atom. The molecule has 1 aromatic carbocycles. The average Bonchev–Trinajstić information content (AvgIpc) is 2.90. The number of halogens is 2. The molecule has 0 saturated heterocycles. The Balaban J connectivity index is 2.14. The van der Waals surface area contributed by atoms with Crippen molar-refractivity contribution in [3.8, 4) is 17.3 Å². The number of hydrogen-bond donors (Lipinski definition) is 0. The molecule has 2 aromatic heterocycles. The Morgan fingerprint density at radius 2 is 2.00 bits per heavy atom. The third-order valence-electron chi connectivity index (χ3n) is 2.61. The van der Waals surface area contributed by atoms with E-state index in [1.165, 1.54) is 16.8 Å². The van der Waals surface area contributed by atoms with Crippen molar-refractivity contribution in [1.29, 1.82) is 0 Å². The highest BCUT2D eigenvalue weighted by molar-refractivity contribution is 6.28. The van der Waals surface area contributed by atoms with Gasteiger partial charge in [0, 0.05) is 18.0 Å². The van der Waals surface area contributed by atoms with Crippen LogP contribution in [0.3, 0.4) is 0 Å². The SMILES string of the molecule is Cc1cc(F)cc(-c2nc(Cl)nc(-n3cccn3)n2)c1. The van der Waals surface area contributed by atoms with E-state index >= 15 is 0 Å². The molecule has 0 aliphatic rings. The minimum atomic E-state index is -0.350. The lowest BCUT2D eigenvalue weighted by Crippen LogP contribution is -2.05. The van der Waals surface area contributed by atoms with Gasteiger partial charge in [0.15, 0.2) is 5.82 Å². The van der Waals surface area contributed by atoms with Crippen LogP contribution < -0.4 is 0 Å². The fraction of sp³-hybridized carbons (Fsp3) is 0.0769. The lowest BCUT2D eigenvalue weighted by Gasteiger charge is -2.05. The summed E-state index contributed by atoms with van der Waals surface area (Å²) in [6.45, 7) is 1.80. The Kier molecular flexibility index (Phi) is 3.15. The van der Waals surface area contributed by atoms with E-state index in [0.717, 1.165) is 5.56 Å². The molecule has 0 saturated carbocycles. The maximum Gasteiger partial charge on any atom is 0.255 e. The summed E-state index contributed by atoms with van der Waals surface area (Å²) in [6, 6.07) is 6.30. The first-order valence-corrected chi connectivity index (χ1v) is 6.19. The first-order valence-electron chi connectivity index (χ1n) is 5.81. The normalized spacial score (nSPS) is 10.8. The van der Waals surface area contributed by atoms with Crippen LogP contribution in [0.1, 0.15) is 5.56 Å². The molecule has 2 heterocycles. The first-order chi connectivity index (χ1) is 9.61. The van der Waals surface area contributed by atoms with Gasteiger partial charge in [0.1, 0.15) is 5.82 Å². The third-order valence-corrected chi connectivity index (χ3v) is 2.77. The number of aryl methyl sites for hydroxylation is 1. The minimum absolute atomic E-state index is 0.0300. The Hall–Kier alpha value is -2.34. The molecule has 3 rings (SSSR count). The molecule has 0 bridgehead atoms. The van der Waals surface area contributed by atoms with Crippen molar-refractivity contribution in [2.24, 2.45) is 0 Å². The van der Waals surface area contributed by atoms with E-state index in [9.17, 15) is 4.39 Å². The highest BCUT2D eigenvalue weighted by atomic mass is 35.5. The maximum atomic E-state index is 13.5. The summed E-state index contributed by atoms with van der Waals surface area (Å²) in [7, 11) is 0. The molecule has 0 aliphatic heterocycles. The summed E-state index contributed by atoms with van der Waals surface area (Å²) >= 11 is 5.90. The molecule has 0 atom stereocenters. The van der Waals surface area contributed by atoms with Crippen molar-refractivity contribution in [2.45, 2.75) is 6.92 Å². The van der Waals surface area contributed by atoms with Gasteiger partial charge in [-0.15, -0.1) is 0 Å². The van der Waals surface area contributed by atoms with Crippen LogP contribution in [-0.2, 0) is 0 Å². The summed E-state index contributed by atoms with van der Waals surface area (Å²) in [6.07, 6.45) is 3.29. The molecule has 0 amide bonds. The monoisotopic (exact) mass is 289 g/mol. The molecule has 7 heteroatoms. The fourth-order valence-corrected chi connectivity index (χ4v) is 1.98. The van der Waals surface area contributed by atoms with Crippen LogP contribution in [0, 0.1) is 12.7 Å². The van der Waals surface area contributed by atoms with Gasteiger partial charge in [0.2, 0.25) is 5.28 Å². The van der Waals surface area contributed by atoms with Crippen LogP contribution in [0.2, 0.25) is 5.28 Å². The lowest BCUT2D eigenvalue weighted by atomic mass is 10.1. The molecule has 0 unspecified atom stereocenters. The number of rotatable bonds is 2. The summed E-state index contributed by atoms with van der Waals surface area (Å²) in [5, 5.41) is 4.06. The molecule has 0 aliphatic carbocycles. The molecule has 0 spiro atoms. The number of nitrogens with zero attached hydrogens (tertiary/aromatic N) is 5. The third kappa shape index (κ3) is 2.50. The second-order valence-corrected chi connectivity index (χ2v) is 4.53. The van der Waals surface area contributed by atoms with Gasteiger partial charge < -0.3 is 0 Å². The van der Waals surface area contributed by atoms with Gasteiger partial charge in [-0.1, -0.05) is 0 Å². The van der Waals surface area contributed by atoms with Gasteiger partial charge in [-0.25, -0.2) is 9.07 Å². The average molecular weight is 290 g/mol. The van der Waals surface area contributed by atoms with Gasteiger partial charge in [-0.3, -0.25) is 0 Å². The number of hydrogen-bond acceptors (Lipinski definition) is 4. The smallest absolute Gasteiger partial charge is 0.207 e. The summed E-state index contributed by atoms with van der Waals surface area (Å²) in [5.41, 5.74) is 1.32. The van der Waals surface area contributed by atoms with E-state index in [0.29, 0.717) is 11.4 Å². The van der Waals surface area contributed by atoms with Crippen molar-refractivity contribution in [3.05, 3.63) is 53.3 Å². The van der Waals surface area contributed by atoms with E-state index in [-0.39, 0.29) is 17.0 Å². The Bertz CT molecular complexity index is 737. The molecular weight excluding hydrogens is 281 g/mol. The number of aromatic nitrogens is 5. The van der Waals surface area contributed by atoms with Crippen molar-refractivity contribution >= 4 is 11.6 Å². The predicted molar refractivity (Wildman–Crippen MR) is 72.1 cm³/mol. The van der Waals surface area contributed by atoms with Crippen LogP contribution in [0.5, 0.6) is 0 Å². The van der Waals surface area contributed by atoms with Crippen molar-refractivity contribution in [3.63, 3.8) is 0 Å². The van der Waals surface area contributed by atoms with Gasteiger partial charge in [0.05, 0.1) is 0 Å². The zero-order chi connectivity index (χ0) is 14.1. The molecule has 0 fully saturated rings. The van der Waals surface area contributed by atoms with Crippen molar-refractivity contribution < 1.29 is 4.39 Å². The summed E-state index contributed by atoms with van der Waals surface area (Å²) in [5.74, 6) is 0.238. The molecular formula is C13H9ClFN5. The van der Waals surface area contributed by atoms with Gasteiger partial charge >= 0.3 is 0 Å².